The first-order chi connectivity index (χ1) is 10.6. The van der Waals surface area contributed by atoms with Crippen molar-refractivity contribution in [2.75, 3.05) is 5.32 Å². The normalized spacial score (nSPS) is 10.6. The number of benzene rings is 2. The summed E-state index contributed by atoms with van der Waals surface area (Å²) in [5.41, 5.74) is 3.09. The number of fused-ring (bicyclic) bond motifs is 1. The third kappa shape index (κ3) is 2.51. The van der Waals surface area contributed by atoms with Crippen molar-refractivity contribution in [3.05, 3.63) is 65.9 Å². The van der Waals surface area contributed by atoms with E-state index in [1.165, 1.54) is 11.5 Å². The summed E-state index contributed by atoms with van der Waals surface area (Å²) in [7, 11) is 0. The monoisotopic (exact) mass is 292 g/mol. The number of carbonyl (C=O) groups is 2. The summed E-state index contributed by atoms with van der Waals surface area (Å²) in [6.07, 6.45) is 1.59. The standard InChI is InChI=1S/C18H16N2O2/c1-12-7-9-14(10-8-12)19-18(22)16-11-20(13(2)21)17-6-4-3-5-15(16)17/h3-11H,1-2H3,(H,19,22). The van der Waals surface area contributed by atoms with E-state index < -0.39 is 0 Å². The lowest BCUT2D eigenvalue weighted by Crippen LogP contribution is -2.11. The molecule has 4 nitrogen and oxygen atoms in total. The zero-order valence-corrected chi connectivity index (χ0v) is 12.5. The van der Waals surface area contributed by atoms with Gasteiger partial charge >= 0.3 is 0 Å². The fourth-order valence-electron chi connectivity index (χ4n) is 2.46. The summed E-state index contributed by atoms with van der Waals surface area (Å²) >= 11 is 0. The zero-order chi connectivity index (χ0) is 15.7. The molecule has 0 atom stereocenters. The van der Waals surface area contributed by atoms with Crippen molar-refractivity contribution >= 4 is 28.4 Å². The molecule has 0 saturated heterocycles. The van der Waals surface area contributed by atoms with Gasteiger partial charge in [-0.2, -0.15) is 0 Å². The van der Waals surface area contributed by atoms with Crippen molar-refractivity contribution in [2.24, 2.45) is 0 Å². The van der Waals surface area contributed by atoms with Crippen LogP contribution in [0.5, 0.6) is 0 Å². The number of anilines is 1. The van der Waals surface area contributed by atoms with Gasteiger partial charge in [0.2, 0.25) is 5.91 Å². The van der Waals surface area contributed by atoms with Crippen LogP contribution in [0.4, 0.5) is 5.69 Å². The largest absolute Gasteiger partial charge is 0.322 e. The molecule has 4 heteroatoms. The molecule has 0 fully saturated rings. The number of hydrogen-bond acceptors (Lipinski definition) is 2. The van der Waals surface area contributed by atoms with Gasteiger partial charge in [-0.1, -0.05) is 35.9 Å². The number of hydrogen-bond donors (Lipinski definition) is 1. The Bertz CT molecular complexity index is 860. The molecule has 1 heterocycles. The predicted octanol–water partition coefficient (Wildman–Crippen LogP) is 3.86. The number of para-hydroxylation sites is 1. The van der Waals surface area contributed by atoms with Gasteiger partial charge in [0.15, 0.2) is 0 Å². The average molecular weight is 292 g/mol. The molecule has 0 spiro atoms. The van der Waals surface area contributed by atoms with Crippen molar-refractivity contribution in [3.8, 4) is 0 Å². The van der Waals surface area contributed by atoms with Gasteiger partial charge in [0, 0.05) is 24.2 Å². The third-order valence-electron chi connectivity index (χ3n) is 3.61. The molecule has 110 valence electrons. The Kier molecular flexibility index (Phi) is 3.51. The number of aromatic nitrogens is 1. The SMILES string of the molecule is CC(=O)n1cc(C(=O)Nc2ccc(C)cc2)c2ccccc21. The number of carbonyl (C=O) groups excluding carboxylic acids is 2. The van der Waals surface area contributed by atoms with Crippen LogP contribution in [-0.2, 0) is 0 Å². The summed E-state index contributed by atoms with van der Waals surface area (Å²) in [6.45, 7) is 3.47. The van der Waals surface area contributed by atoms with E-state index in [2.05, 4.69) is 5.32 Å². The molecule has 2 aromatic carbocycles. The molecular formula is C18H16N2O2. The first kappa shape index (κ1) is 14.1. The molecule has 1 amide bonds. The van der Waals surface area contributed by atoms with E-state index in [9.17, 15) is 9.59 Å². The smallest absolute Gasteiger partial charge is 0.257 e. The van der Waals surface area contributed by atoms with Crippen LogP contribution in [0.3, 0.4) is 0 Å². The maximum Gasteiger partial charge on any atom is 0.257 e. The van der Waals surface area contributed by atoms with Gasteiger partial charge in [-0.05, 0) is 25.1 Å². The molecule has 1 N–H and O–H groups in total. The molecule has 1 aromatic heterocycles. The van der Waals surface area contributed by atoms with Crippen molar-refractivity contribution < 1.29 is 9.59 Å². The highest BCUT2D eigenvalue weighted by atomic mass is 16.2. The first-order valence-electron chi connectivity index (χ1n) is 7.05. The molecule has 0 radical (unpaired) electrons. The van der Waals surface area contributed by atoms with Gasteiger partial charge in [0.25, 0.3) is 5.91 Å². The lowest BCUT2D eigenvalue weighted by Gasteiger charge is -2.04. The minimum Gasteiger partial charge on any atom is -0.322 e. The summed E-state index contributed by atoms with van der Waals surface area (Å²) in [5, 5.41) is 3.63. The highest BCUT2D eigenvalue weighted by molar-refractivity contribution is 6.14. The van der Waals surface area contributed by atoms with E-state index in [1.54, 1.807) is 6.20 Å². The van der Waals surface area contributed by atoms with Gasteiger partial charge in [-0.15, -0.1) is 0 Å². The first-order valence-corrected chi connectivity index (χ1v) is 7.05. The topological polar surface area (TPSA) is 51.1 Å². The van der Waals surface area contributed by atoms with Crippen LogP contribution in [0.2, 0.25) is 0 Å². The number of rotatable bonds is 2. The van der Waals surface area contributed by atoms with Crippen molar-refractivity contribution in [2.45, 2.75) is 13.8 Å². The minimum absolute atomic E-state index is 0.120. The van der Waals surface area contributed by atoms with E-state index in [1.807, 2.05) is 55.5 Å². The van der Waals surface area contributed by atoms with Crippen molar-refractivity contribution in [1.82, 2.24) is 4.57 Å². The summed E-state index contributed by atoms with van der Waals surface area (Å²) < 4.78 is 1.50. The second-order valence-electron chi connectivity index (χ2n) is 5.27. The second kappa shape index (κ2) is 5.48. The molecule has 0 aliphatic heterocycles. The molecular weight excluding hydrogens is 276 g/mol. The van der Waals surface area contributed by atoms with Gasteiger partial charge in [-0.25, -0.2) is 0 Å². The molecule has 0 aliphatic carbocycles. The predicted molar refractivity (Wildman–Crippen MR) is 87.4 cm³/mol. The van der Waals surface area contributed by atoms with Crippen molar-refractivity contribution in [3.63, 3.8) is 0 Å². The summed E-state index contributed by atoms with van der Waals surface area (Å²) in [4.78, 5) is 24.2. The molecule has 3 rings (SSSR count). The van der Waals surface area contributed by atoms with E-state index >= 15 is 0 Å². The van der Waals surface area contributed by atoms with Crippen LogP contribution in [-0.4, -0.2) is 16.4 Å². The Balaban J connectivity index is 2.00. The maximum atomic E-state index is 12.5. The fourth-order valence-corrected chi connectivity index (χ4v) is 2.46. The van der Waals surface area contributed by atoms with Gasteiger partial charge in [-0.3, -0.25) is 14.2 Å². The van der Waals surface area contributed by atoms with Crippen LogP contribution >= 0.6 is 0 Å². The molecule has 0 bridgehead atoms. The van der Waals surface area contributed by atoms with Crippen LogP contribution in [0.25, 0.3) is 10.9 Å². The molecule has 0 saturated carbocycles. The number of nitrogens with zero attached hydrogens (tertiary/aromatic N) is 1. The van der Waals surface area contributed by atoms with Gasteiger partial charge in [0.1, 0.15) is 0 Å². The van der Waals surface area contributed by atoms with E-state index in [4.69, 9.17) is 0 Å². The average Bonchev–Trinajstić information content (AvgIpc) is 2.89. The van der Waals surface area contributed by atoms with Crippen LogP contribution in [0.15, 0.2) is 54.7 Å². The Labute approximate surface area is 128 Å². The lowest BCUT2D eigenvalue weighted by molar-refractivity contribution is 0.0941. The van der Waals surface area contributed by atoms with E-state index in [0.717, 1.165) is 22.2 Å². The van der Waals surface area contributed by atoms with Gasteiger partial charge in [0.05, 0.1) is 11.1 Å². The number of aryl methyl sites for hydroxylation is 1. The van der Waals surface area contributed by atoms with E-state index in [-0.39, 0.29) is 11.8 Å². The summed E-state index contributed by atoms with van der Waals surface area (Å²) in [6, 6.07) is 15.0. The summed E-state index contributed by atoms with van der Waals surface area (Å²) in [5.74, 6) is -0.342. The minimum atomic E-state index is -0.222. The number of amides is 1. The van der Waals surface area contributed by atoms with E-state index in [0.29, 0.717) is 5.56 Å². The molecule has 22 heavy (non-hydrogen) atoms. The Hall–Kier alpha value is -2.88. The Morgan fingerprint density at radius 3 is 2.36 bits per heavy atom. The van der Waals surface area contributed by atoms with Crippen molar-refractivity contribution in [1.29, 1.82) is 0 Å². The Morgan fingerprint density at radius 1 is 1.00 bits per heavy atom. The van der Waals surface area contributed by atoms with Crippen LogP contribution in [0, 0.1) is 6.92 Å². The lowest BCUT2D eigenvalue weighted by atomic mass is 10.1. The maximum absolute atomic E-state index is 12.5. The highest BCUT2D eigenvalue weighted by Gasteiger charge is 2.16. The van der Waals surface area contributed by atoms with Gasteiger partial charge < -0.3 is 5.32 Å². The second-order valence-corrected chi connectivity index (χ2v) is 5.27. The van der Waals surface area contributed by atoms with Crippen LogP contribution < -0.4 is 5.32 Å². The van der Waals surface area contributed by atoms with Crippen LogP contribution in [0.1, 0.15) is 27.6 Å². The highest BCUT2D eigenvalue weighted by Crippen LogP contribution is 2.22. The molecule has 3 aromatic rings. The molecule has 0 aliphatic rings. The Morgan fingerprint density at radius 2 is 1.68 bits per heavy atom. The third-order valence-corrected chi connectivity index (χ3v) is 3.61. The fraction of sp³-hybridized carbons (Fsp3) is 0.111. The quantitative estimate of drug-likeness (QED) is 0.779. The number of nitrogens with one attached hydrogen (secondary N) is 1. The molecule has 0 unspecified atom stereocenters. The zero-order valence-electron chi connectivity index (χ0n) is 12.5.